The molecule has 11 nitrogen and oxygen atoms in total. The van der Waals surface area contributed by atoms with E-state index < -0.39 is 18.0 Å². The third-order valence-electron chi connectivity index (χ3n) is 5.19. The quantitative estimate of drug-likeness (QED) is 0.381. The molecule has 0 atom stereocenters. The van der Waals surface area contributed by atoms with Crippen LogP contribution in [0.25, 0.3) is 0 Å². The highest BCUT2D eigenvalue weighted by Crippen LogP contribution is 2.55. The fraction of sp³-hybridized carbons (Fsp3) is 0.227. The van der Waals surface area contributed by atoms with Crippen molar-refractivity contribution in [2.24, 2.45) is 4.99 Å². The lowest BCUT2D eigenvalue weighted by Gasteiger charge is -2.31. The summed E-state index contributed by atoms with van der Waals surface area (Å²) in [6, 6.07) is 4.32. The summed E-state index contributed by atoms with van der Waals surface area (Å²) in [5.74, 6) is -0.321. The largest absolute Gasteiger partial charge is 0.465 e. The van der Waals surface area contributed by atoms with E-state index in [0.29, 0.717) is 48.6 Å². The number of aliphatic imine (C=N–C) groups is 1. The molecule has 4 heterocycles. The monoisotopic (exact) mass is 611 g/mol. The minimum absolute atomic E-state index is 0.0540. The Morgan fingerprint density at radius 3 is 2.37 bits per heavy atom. The zero-order valence-electron chi connectivity index (χ0n) is 19.8. The molecule has 0 bridgehead atoms. The molecule has 0 saturated heterocycles. The number of urea groups is 1. The number of nitrogens with one attached hydrogen (secondary N) is 1. The van der Waals surface area contributed by atoms with Crippen molar-refractivity contribution in [3.05, 3.63) is 47.5 Å². The van der Waals surface area contributed by atoms with Crippen LogP contribution in [-0.4, -0.2) is 50.6 Å². The number of ether oxygens (including phenoxy) is 4. The van der Waals surface area contributed by atoms with Gasteiger partial charge in [0, 0.05) is 18.3 Å². The molecule has 38 heavy (non-hydrogen) atoms. The summed E-state index contributed by atoms with van der Waals surface area (Å²) in [6.45, 7) is 2.33. The number of hydrogen-bond acceptors (Lipinski definition) is 14. The Morgan fingerprint density at radius 2 is 1.71 bits per heavy atom. The topological polar surface area (TPSA) is 133 Å². The van der Waals surface area contributed by atoms with E-state index in [1.165, 1.54) is 36.3 Å². The van der Waals surface area contributed by atoms with E-state index >= 15 is 0 Å². The molecule has 0 radical (unpaired) electrons. The number of rotatable bonds is 4. The SMILES string of the molecule is CCN1C(=C2SC(C(=O)OC)=C(C(=O)OC)S2)/C(=N/C(=O)Nc2ccc3c(c2)OCO3)Sc2ssc(=O)c21. The molecular formula is C22H17N3O8S5. The van der Waals surface area contributed by atoms with Crippen LogP contribution in [0.1, 0.15) is 6.92 Å². The van der Waals surface area contributed by atoms with Gasteiger partial charge in [-0.25, -0.2) is 14.4 Å². The second kappa shape index (κ2) is 11.1. The molecule has 0 aliphatic carbocycles. The smallest absolute Gasteiger partial charge is 0.346 e. The van der Waals surface area contributed by atoms with Crippen molar-refractivity contribution in [2.45, 2.75) is 11.1 Å². The summed E-state index contributed by atoms with van der Waals surface area (Å²) in [5.41, 5.74) is 1.36. The number of benzene rings is 1. The molecule has 0 saturated carbocycles. The van der Waals surface area contributed by atoms with E-state index in [2.05, 4.69) is 10.3 Å². The molecule has 1 N–H and O–H groups in total. The number of carbonyl (C=O) groups excluding carboxylic acids is 3. The van der Waals surface area contributed by atoms with Crippen LogP contribution < -0.4 is 24.4 Å². The maximum absolute atomic E-state index is 13.0. The lowest BCUT2D eigenvalue weighted by molar-refractivity contribution is -0.138. The third-order valence-corrected chi connectivity index (χ3v) is 11.4. The minimum atomic E-state index is -0.702. The zero-order valence-corrected chi connectivity index (χ0v) is 23.9. The number of hydrogen-bond donors (Lipinski definition) is 1. The van der Waals surface area contributed by atoms with Crippen molar-refractivity contribution in [3.8, 4) is 11.5 Å². The summed E-state index contributed by atoms with van der Waals surface area (Å²) in [4.78, 5) is 56.9. The van der Waals surface area contributed by atoms with Gasteiger partial charge in [0.05, 0.1) is 24.2 Å². The molecule has 3 aliphatic rings. The Hall–Kier alpha value is -2.92. The normalized spacial score (nSPS) is 17.1. The Bertz CT molecular complexity index is 1480. The van der Waals surface area contributed by atoms with E-state index in [9.17, 15) is 19.2 Å². The van der Waals surface area contributed by atoms with Gasteiger partial charge < -0.3 is 29.2 Å². The van der Waals surface area contributed by atoms with E-state index in [0.717, 1.165) is 33.9 Å². The number of anilines is 2. The number of amides is 2. The van der Waals surface area contributed by atoms with Crippen LogP contribution in [0.2, 0.25) is 0 Å². The van der Waals surface area contributed by atoms with E-state index in [-0.39, 0.29) is 21.3 Å². The van der Waals surface area contributed by atoms with Gasteiger partial charge in [0.25, 0.3) is 4.74 Å². The van der Waals surface area contributed by atoms with Gasteiger partial charge in [0.15, 0.2) is 11.5 Å². The van der Waals surface area contributed by atoms with Crippen LogP contribution in [0.3, 0.4) is 0 Å². The highest BCUT2D eigenvalue weighted by atomic mass is 32.9. The number of fused-ring (bicyclic) bond motifs is 2. The molecule has 0 spiro atoms. The first-order valence-corrected chi connectivity index (χ1v) is 15.3. The second-order valence-corrected chi connectivity index (χ2v) is 13.0. The fourth-order valence-corrected chi connectivity index (χ4v) is 9.93. The standard InChI is InChI=1S/C22H17N3O8S5/c1-4-25-12(20-34-14(17(26)30-2)15(35-20)18(27)31-3)16(36-21-13(25)19(28)37-38-21)24-22(29)23-9-5-6-10-11(7-9)33-8-32-10/h5-7H,4,8H2,1-3H3,(H,23,29)/b24-16-. The molecule has 1 aromatic carbocycles. The van der Waals surface area contributed by atoms with Gasteiger partial charge in [0.2, 0.25) is 6.79 Å². The van der Waals surface area contributed by atoms with Crippen molar-refractivity contribution in [1.82, 2.24) is 0 Å². The molecule has 0 fully saturated rings. The van der Waals surface area contributed by atoms with Gasteiger partial charge in [-0.15, -0.1) is 0 Å². The van der Waals surface area contributed by atoms with Crippen LogP contribution >= 0.6 is 56.0 Å². The number of thioether (sulfide) groups is 3. The van der Waals surface area contributed by atoms with Crippen LogP contribution in [0.15, 0.2) is 51.9 Å². The molecule has 198 valence electrons. The predicted octanol–water partition coefficient (Wildman–Crippen LogP) is 4.67. The first-order valence-electron chi connectivity index (χ1n) is 10.7. The van der Waals surface area contributed by atoms with E-state index in [4.69, 9.17) is 18.9 Å². The van der Waals surface area contributed by atoms with Gasteiger partial charge in [0.1, 0.15) is 24.8 Å². The van der Waals surface area contributed by atoms with Crippen molar-refractivity contribution in [2.75, 3.05) is 37.8 Å². The average molecular weight is 612 g/mol. The Morgan fingerprint density at radius 1 is 1.03 bits per heavy atom. The van der Waals surface area contributed by atoms with Crippen molar-refractivity contribution in [3.63, 3.8) is 0 Å². The van der Waals surface area contributed by atoms with Crippen molar-refractivity contribution < 1.29 is 33.3 Å². The summed E-state index contributed by atoms with van der Waals surface area (Å²) >= 11 is 3.19. The molecule has 5 rings (SSSR count). The predicted molar refractivity (Wildman–Crippen MR) is 150 cm³/mol. The Kier molecular flexibility index (Phi) is 7.76. The third kappa shape index (κ3) is 4.93. The number of methoxy groups -OCH3 is 2. The lowest BCUT2D eigenvalue weighted by Crippen LogP contribution is -2.33. The molecule has 2 aromatic rings. The maximum Gasteiger partial charge on any atom is 0.346 e. The molecule has 16 heteroatoms. The van der Waals surface area contributed by atoms with Gasteiger partial charge >= 0.3 is 18.0 Å². The lowest BCUT2D eigenvalue weighted by atomic mass is 10.3. The molecule has 2 amide bonds. The Balaban J connectivity index is 1.56. The van der Waals surface area contributed by atoms with E-state index in [1.807, 2.05) is 6.92 Å². The first-order chi connectivity index (χ1) is 18.3. The number of carbonyl (C=O) groups is 3. The highest BCUT2D eigenvalue weighted by molar-refractivity contribution is 8.29. The van der Waals surface area contributed by atoms with Gasteiger partial charge in [-0.05, 0) is 29.4 Å². The summed E-state index contributed by atoms with van der Waals surface area (Å²) in [7, 11) is 4.81. The van der Waals surface area contributed by atoms with Crippen LogP contribution in [0.5, 0.6) is 11.5 Å². The van der Waals surface area contributed by atoms with Crippen LogP contribution in [0.4, 0.5) is 16.2 Å². The van der Waals surface area contributed by atoms with Crippen molar-refractivity contribution >= 4 is 90.4 Å². The Labute approximate surface area is 235 Å². The minimum Gasteiger partial charge on any atom is -0.465 e. The van der Waals surface area contributed by atoms with E-state index in [1.54, 1.807) is 23.1 Å². The molecule has 0 unspecified atom stereocenters. The zero-order chi connectivity index (χ0) is 27.0. The number of esters is 2. The van der Waals surface area contributed by atoms with Crippen molar-refractivity contribution in [1.29, 1.82) is 0 Å². The average Bonchev–Trinajstić information content (AvgIpc) is 3.65. The summed E-state index contributed by atoms with van der Waals surface area (Å²) < 4.78 is 21.4. The first kappa shape index (κ1) is 26.7. The van der Waals surface area contributed by atoms with Gasteiger partial charge in [-0.2, -0.15) is 4.99 Å². The molecule has 1 aromatic heterocycles. The second-order valence-electron chi connectivity index (χ2n) is 7.33. The van der Waals surface area contributed by atoms with Crippen LogP contribution in [-0.2, 0) is 19.1 Å². The number of nitrogens with zero attached hydrogens (tertiary/aromatic N) is 2. The van der Waals surface area contributed by atoms with Crippen LogP contribution in [0, 0.1) is 0 Å². The maximum atomic E-state index is 13.0. The summed E-state index contributed by atoms with van der Waals surface area (Å²) in [5, 5.41) is 3.02. The molecule has 3 aliphatic heterocycles. The highest BCUT2D eigenvalue weighted by Gasteiger charge is 2.39. The van der Waals surface area contributed by atoms with Gasteiger partial charge in [-0.1, -0.05) is 45.6 Å². The summed E-state index contributed by atoms with van der Waals surface area (Å²) in [6.07, 6.45) is 0. The fourth-order valence-electron chi connectivity index (χ4n) is 3.54. The molecular weight excluding hydrogens is 595 g/mol. The van der Waals surface area contributed by atoms with Gasteiger partial charge in [-0.3, -0.25) is 4.79 Å².